The van der Waals surface area contributed by atoms with Gasteiger partial charge in [-0.05, 0) is 37.4 Å². The molecule has 0 aromatic heterocycles. The Morgan fingerprint density at radius 1 is 1.38 bits per heavy atom. The molecular formula is C11H15NS. The Labute approximate surface area is 84.2 Å². The molecule has 0 aliphatic heterocycles. The van der Waals surface area contributed by atoms with Crippen LogP contribution in [0.25, 0.3) is 0 Å². The topological polar surface area (TPSA) is 12.0 Å². The van der Waals surface area contributed by atoms with Crippen molar-refractivity contribution in [3.63, 3.8) is 0 Å². The lowest BCUT2D eigenvalue weighted by Crippen LogP contribution is -2.10. The van der Waals surface area contributed by atoms with Crippen molar-refractivity contribution >= 4 is 17.4 Å². The maximum atomic E-state index is 3.72. The highest BCUT2D eigenvalue weighted by Gasteiger charge is 1.95. The van der Waals surface area contributed by atoms with Crippen molar-refractivity contribution in [1.82, 2.24) is 0 Å². The summed E-state index contributed by atoms with van der Waals surface area (Å²) < 4.78 is 0. The molecule has 70 valence electrons. The highest BCUT2D eigenvalue weighted by Crippen LogP contribution is 2.17. The molecule has 1 rings (SSSR count). The van der Waals surface area contributed by atoms with Gasteiger partial charge in [0.15, 0.2) is 0 Å². The largest absolute Gasteiger partial charge is 0.379 e. The molecule has 0 spiro atoms. The van der Waals surface area contributed by atoms with E-state index in [1.54, 1.807) is 11.8 Å². The lowest BCUT2D eigenvalue weighted by Gasteiger charge is -2.10. The first-order chi connectivity index (χ1) is 6.26. The van der Waals surface area contributed by atoms with Crippen LogP contribution in [0.5, 0.6) is 0 Å². The van der Waals surface area contributed by atoms with Crippen LogP contribution in [-0.2, 0) is 0 Å². The van der Waals surface area contributed by atoms with E-state index in [4.69, 9.17) is 0 Å². The van der Waals surface area contributed by atoms with Gasteiger partial charge in [-0.15, -0.1) is 18.3 Å². The Kier molecular flexibility index (Phi) is 3.90. The molecule has 2 heteroatoms. The summed E-state index contributed by atoms with van der Waals surface area (Å²) in [6, 6.07) is 8.73. The second kappa shape index (κ2) is 4.97. The Morgan fingerprint density at radius 2 is 2.00 bits per heavy atom. The minimum absolute atomic E-state index is 0.320. The van der Waals surface area contributed by atoms with E-state index >= 15 is 0 Å². The van der Waals surface area contributed by atoms with Crippen molar-refractivity contribution in [2.45, 2.75) is 17.9 Å². The molecule has 0 fully saturated rings. The van der Waals surface area contributed by atoms with E-state index in [0.717, 1.165) is 5.69 Å². The zero-order valence-corrected chi connectivity index (χ0v) is 8.90. The van der Waals surface area contributed by atoms with Gasteiger partial charge in [0, 0.05) is 16.6 Å². The predicted octanol–water partition coefficient (Wildman–Crippen LogP) is 3.39. The lowest BCUT2D eigenvalue weighted by atomic mass is 10.2. The summed E-state index contributed by atoms with van der Waals surface area (Å²) in [7, 11) is 0. The molecule has 1 N–H and O–H groups in total. The van der Waals surface area contributed by atoms with E-state index in [1.165, 1.54) is 4.90 Å². The third-order valence-electron chi connectivity index (χ3n) is 1.84. The lowest BCUT2D eigenvalue weighted by molar-refractivity contribution is 1.00. The average molecular weight is 193 g/mol. The fourth-order valence-corrected chi connectivity index (χ4v) is 1.42. The molecule has 0 heterocycles. The molecule has 0 aliphatic rings. The number of hydrogen-bond acceptors (Lipinski definition) is 2. The zero-order chi connectivity index (χ0) is 9.68. The van der Waals surface area contributed by atoms with E-state index in [2.05, 4.69) is 49.3 Å². The third-order valence-corrected chi connectivity index (χ3v) is 2.58. The number of rotatable bonds is 4. The number of anilines is 1. The standard InChI is InChI=1S/C11H15NS/c1-4-9(2)12-10-5-7-11(13-3)8-6-10/h4-9,12H,1H2,2-3H3. The number of benzene rings is 1. The third kappa shape index (κ3) is 3.15. The SMILES string of the molecule is C=CC(C)Nc1ccc(SC)cc1. The van der Waals surface area contributed by atoms with Crippen LogP contribution in [0.3, 0.4) is 0 Å². The van der Waals surface area contributed by atoms with Gasteiger partial charge in [0.05, 0.1) is 0 Å². The van der Waals surface area contributed by atoms with Gasteiger partial charge < -0.3 is 5.32 Å². The van der Waals surface area contributed by atoms with Gasteiger partial charge in [-0.25, -0.2) is 0 Å². The van der Waals surface area contributed by atoms with Gasteiger partial charge in [-0.3, -0.25) is 0 Å². The summed E-state index contributed by atoms with van der Waals surface area (Å²) in [5.41, 5.74) is 1.14. The second-order valence-corrected chi connectivity index (χ2v) is 3.78. The zero-order valence-electron chi connectivity index (χ0n) is 8.08. The molecule has 0 amide bonds. The average Bonchev–Trinajstić information content (AvgIpc) is 2.19. The second-order valence-electron chi connectivity index (χ2n) is 2.90. The van der Waals surface area contributed by atoms with E-state index in [-0.39, 0.29) is 0 Å². The van der Waals surface area contributed by atoms with Crippen LogP contribution in [-0.4, -0.2) is 12.3 Å². The first-order valence-electron chi connectivity index (χ1n) is 4.29. The van der Waals surface area contributed by atoms with Crippen LogP contribution in [0.4, 0.5) is 5.69 Å². The highest BCUT2D eigenvalue weighted by molar-refractivity contribution is 7.98. The van der Waals surface area contributed by atoms with Crippen LogP contribution in [0, 0.1) is 0 Å². The van der Waals surface area contributed by atoms with Crippen molar-refractivity contribution in [1.29, 1.82) is 0 Å². The minimum atomic E-state index is 0.320. The van der Waals surface area contributed by atoms with Gasteiger partial charge in [-0.2, -0.15) is 0 Å². The van der Waals surface area contributed by atoms with Crippen molar-refractivity contribution in [2.24, 2.45) is 0 Å². The highest BCUT2D eigenvalue weighted by atomic mass is 32.2. The molecule has 0 saturated heterocycles. The van der Waals surface area contributed by atoms with Crippen LogP contribution in [0.15, 0.2) is 41.8 Å². The predicted molar refractivity (Wildman–Crippen MR) is 61.5 cm³/mol. The molecule has 1 atom stereocenters. The van der Waals surface area contributed by atoms with Gasteiger partial charge in [0.25, 0.3) is 0 Å². The molecule has 1 aromatic carbocycles. The molecule has 0 radical (unpaired) electrons. The fraction of sp³-hybridized carbons (Fsp3) is 0.273. The Hall–Kier alpha value is -0.890. The summed E-state index contributed by atoms with van der Waals surface area (Å²) in [4.78, 5) is 1.29. The molecule has 13 heavy (non-hydrogen) atoms. The van der Waals surface area contributed by atoms with Crippen LogP contribution >= 0.6 is 11.8 Å². The van der Waals surface area contributed by atoms with Crippen molar-refractivity contribution in [3.8, 4) is 0 Å². The number of thioether (sulfide) groups is 1. The van der Waals surface area contributed by atoms with Gasteiger partial charge in [-0.1, -0.05) is 6.08 Å². The molecule has 1 unspecified atom stereocenters. The molecule has 1 nitrogen and oxygen atoms in total. The molecular weight excluding hydrogens is 178 g/mol. The molecule has 0 bridgehead atoms. The monoisotopic (exact) mass is 193 g/mol. The van der Waals surface area contributed by atoms with E-state index in [9.17, 15) is 0 Å². The van der Waals surface area contributed by atoms with E-state index < -0.39 is 0 Å². The van der Waals surface area contributed by atoms with Crippen LogP contribution < -0.4 is 5.32 Å². The van der Waals surface area contributed by atoms with Gasteiger partial charge in [0.1, 0.15) is 0 Å². The summed E-state index contributed by atoms with van der Waals surface area (Å²) >= 11 is 1.75. The first kappa shape index (κ1) is 10.2. The summed E-state index contributed by atoms with van der Waals surface area (Å²) in [5.74, 6) is 0. The van der Waals surface area contributed by atoms with Gasteiger partial charge >= 0.3 is 0 Å². The summed E-state index contributed by atoms with van der Waals surface area (Å²) in [6.45, 7) is 5.80. The Morgan fingerprint density at radius 3 is 2.46 bits per heavy atom. The maximum absolute atomic E-state index is 3.72. The fourth-order valence-electron chi connectivity index (χ4n) is 1.01. The summed E-state index contributed by atoms with van der Waals surface area (Å²) in [5, 5.41) is 3.32. The van der Waals surface area contributed by atoms with E-state index in [0.29, 0.717) is 6.04 Å². The first-order valence-corrected chi connectivity index (χ1v) is 5.52. The molecule has 0 saturated carbocycles. The molecule has 0 aliphatic carbocycles. The van der Waals surface area contributed by atoms with Crippen LogP contribution in [0.2, 0.25) is 0 Å². The normalized spacial score (nSPS) is 12.2. The molecule has 1 aromatic rings. The Balaban J connectivity index is 2.63. The van der Waals surface area contributed by atoms with E-state index in [1.807, 2.05) is 6.08 Å². The van der Waals surface area contributed by atoms with Crippen molar-refractivity contribution < 1.29 is 0 Å². The minimum Gasteiger partial charge on any atom is -0.379 e. The maximum Gasteiger partial charge on any atom is 0.0413 e. The smallest absolute Gasteiger partial charge is 0.0413 e. The quantitative estimate of drug-likeness (QED) is 0.581. The summed E-state index contributed by atoms with van der Waals surface area (Å²) in [6.07, 6.45) is 3.97. The number of nitrogens with one attached hydrogen (secondary N) is 1. The van der Waals surface area contributed by atoms with Crippen LogP contribution in [0.1, 0.15) is 6.92 Å². The van der Waals surface area contributed by atoms with Gasteiger partial charge in [0.2, 0.25) is 0 Å². The number of hydrogen-bond donors (Lipinski definition) is 1. The van der Waals surface area contributed by atoms with Crippen molar-refractivity contribution in [2.75, 3.05) is 11.6 Å². The van der Waals surface area contributed by atoms with Crippen molar-refractivity contribution in [3.05, 3.63) is 36.9 Å². The Bertz CT molecular complexity index is 266.